The molecule has 2 amide bonds. The fourth-order valence-corrected chi connectivity index (χ4v) is 3.25. The molecule has 0 radical (unpaired) electrons. The van der Waals surface area contributed by atoms with Crippen molar-refractivity contribution in [3.05, 3.63) is 30.1 Å². The van der Waals surface area contributed by atoms with Crippen LogP contribution in [0.4, 0.5) is 10.1 Å². The Morgan fingerprint density at radius 3 is 2.04 bits per heavy atom. The first kappa shape index (κ1) is 20.2. The third-order valence-corrected chi connectivity index (χ3v) is 4.40. The summed E-state index contributed by atoms with van der Waals surface area (Å²) in [5.41, 5.74) is 0.548. The van der Waals surface area contributed by atoms with Crippen LogP contribution in [-0.2, 0) is 9.59 Å². The summed E-state index contributed by atoms with van der Waals surface area (Å²) in [6, 6.07) is 6.64. The van der Waals surface area contributed by atoms with Crippen molar-refractivity contribution in [2.24, 2.45) is 11.8 Å². The summed E-state index contributed by atoms with van der Waals surface area (Å²) < 4.78 is 13.9. The fourth-order valence-electron chi connectivity index (χ4n) is 3.25. The highest BCUT2D eigenvalue weighted by Gasteiger charge is 2.30. The Balaban J connectivity index is 1.97. The fraction of sp³-hybridized carbons (Fsp3) is 0.600. The monoisotopic (exact) mass is 363 g/mol. The summed E-state index contributed by atoms with van der Waals surface area (Å²) >= 11 is 0. The highest BCUT2D eigenvalue weighted by Crippen LogP contribution is 2.20. The molecule has 1 aliphatic rings. The van der Waals surface area contributed by atoms with Crippen LogP contribution in [0.2, 0.25) is 0 Å². The minimum absolute atomic E-state index is 0.261. The Hall–Kier alpha value is -2.11. The minimum atomic E-state index is -0.445. The van der Waals surface area contributed by atoms with Crippen LogP contribution in [0.1, 0.15) is 27.7 Å². The van der Waals surface area contributed by atoms with Gasteiger partial charge in [-0.3, -0.25) is 9.59 Å². The van der Waals surface area contributed by atoms with E-state index in [0.717, 1.165) is 0 Å². The molecule has 0 aromatic heterocycles. The van der Waals surface area contributed by atoms with Crippen molar-refractivity contribution in [3.63, 3.8) is 0 Å². The highest BCUT2D eigenvalue weighted by atomic mass is 19.1. The van der Waals surface area contributed by atoms with Gasteiger partial charge >= 0.3 is 11.8 Å². The van der Waals surface area contributed by atoms with Crippen LogP contribution in [0.15, 0.2) is 24.3 Å². The van der Waals surface area contributed by atoms with Crippen LogP contribution in [0.5, 0.6) is 0 Å². The zero-order valence-electron chi connectivity index (χ0n) is 16.2. The largest absolute Gasteiger partial charge is 0.366 e. The Labute approximate surface area is 155 Å². The number of piperazine rings is 1. The molecular weight excluding hydrogens is 333 g/mol. The molecule has 2 rings (SSSR count). The Bertz CT molecular complexity index is 615. The quantitative estimate of drug-likeness (QED) is 0.756. The second kappa shape index (κ2) is 9.01. The Kier molecular flexibility index (Phi) is 7.00. The number of hydrogen-bond donors (Lipinski definition) is 0. The lowest BCUT2D eigenvalue weighted by Crippen LogP contribution is -2.54. The van der Waals surface area contributed by atoms with Crippen LogP contribution >= 0.6 is 0 Å². The van der Waals surface area contributed by atoms with Crippen molar-refractivity contribution in [1.29, 1.82) is 0 Å². The molecule has 1 aliphatic heterocycles. The van der Waals surface area contributed by atoms with Crippen molar-refractivity contribution < 1.29 is 14.0 Å². The van der Waals surface area contributed by atoms with E-state index in [4.69, 9.17) is 0 Å². The summed E-state index contributed by atoms with van der Waals surface area (Å²) in [7, 11) is 0. The summed E-state index contributed by atoms with van der Waals surface area (Å²) in [6.07, 6.45) is 0. The van der Waals surface area contributed by atoms with Gasteiger partial charge < -0.3 is 14.7 Å². The van der Waals surface area contributed by atoms with Gasteiger partial charge in [0.1, 0.15) is 5.82 Å². The molecule has 1 heterocycles. The van der Waals surface area contributed by atoms with Gasteiger partial charge in [-0.15, -0.1) is 0 Å². The first-order chi connectivity index (χ1) is 12.3. The number of nitrogens with zero attached hydrogens (tertiary/aromatic N) is 3. The molecule has 0 atom stereocenters. The van der Waals surface area contributed by atoms with E-state index in [2.05, 4.69) is 0 Å². The lowest BCUT2D eigenvalue weighted by atomic mass is 10.1. The van der Waals surface area contributed by atoms with Gasteiger partial charge in [-0.2, -0.15) is 0 Å². The molecule has 1 fully saturated rings. The maximum Gasteiger partial charge on any atom is 0.312 e. The van der Waals surface area contributed by atoms with Gasteiger partial charge in [0.25, 0.3) is 0 Å². The number of hydrogen-bond acceptors (Lipinski definition) is 3. The minimum Gasteiger partial charge on any atom is -0.366 e. The topological polar surface area (TPSA) is 43.9 Å². The predicted molar refractivity (Wildman–Crippen MR) is 101 cm³/mol. The van der Waals surface area contributed by atoms with Crippen LogP contribution in [-0.4, -0.2) is 60.9 Å². The molecule has 0 N–H and O–H groups in total. The van der Waals surface area contributed by atoms with Crippen LogP contribution in [0.3, 0.4) is 0 Å². The van der Waals surface area contributed by atoms with Gasteiger partial charge in [0.2, 0.25) is 0 Å². The van der Waals surface area contributed by atoms with E-state index in [1.54, 1.807) is 28.0 Å². The molecule has 0 spiro atoms. The van der Waals surface area contributed by atoms with Gasteiger partial charge in [-0.25, -0.2) is 4.39 Å². The van der Waals surface area contributed by atoms with Gasteiger partial charge in [0, 0.05) is 39.3 Å². The first-order valence-electron chi connectivity index (χ1n) is 9.37. The second-order valence-electron chi connectivity index (χ2n) is 7.73. The molecule has 0 bridgehead atoms. The summed E-state index contributed by atoms with van der Waals surface area (Å²) in [5, 5.41) is 0. The van der Waals surface area contributed by atoms with Gasteiger partial charge in [0.05, 0.1) is 5.69 Å². The van der Waals surface area contributed by atoms with E-state index >= 15 is 0 Å². The molecule has 0 unspecified atom stereocenters. The summed E-state index contributed by atoms with van der Waals surface area (Å²) in [6.45, 7) is 11.2. The molecule has 6 heteroatoms. The molecule has 1 aromatic rings. The molecule has 0 aliphatic carbocycles. The van der Waals surface area contributed by atoms with Crippen LogP contribution in [0.25, 0.3) is 0 Å². The normalized spacial score (nSPS) is 14.9. The predicted octanol–water partition coefficient (Wildman–Crippen LogP) is 2.61. The zero-order valence-corrected chi connectivity index (χ0v) is 16.2. The number of carbonyl (C=O) groups is 2. The standard InChI is InChI=1S/C20H30FN3O2/c1-15(2)13-24(14-16(3)4)20(26)19(25)23-11-9-22(10-12-23)18-8-6-5-7-17(18)21/h5-8,15-16H,9-14H2,1-4H3. The van der Waals surface area contributed by atoms with E-state index in [0.29, 0.717) is 56.8 Å². The van der Waals surface area contributed by atoms with Gasteiger partial charge in [-0.05, 0) is 24.0 Å². The summed E-state index contributed by atoms with van der Waals surface area (Å²) in [5.74, 6) is -0.513. The number of benzene rings is 1. The SMILES string of the molecule is CC(C)CN(CC(C)C)C(=O)C(=O)N1CCN(c2ccccc2F)CC1. The van der Waals surface area contributed by atoms with E-state index in [9.17, 15) is 14.0 Å². The zero-order chi connectivity index (χ0) is 19.3. The van der Waals surface area contributed by atoms with E-state index in [1.165, 1.54) is 6.07 Å². The van der Waals surface area contributed by atoms with Gasteiger partial charge in [0.15, 0.2) is 0 Å². The highest BCUT2D eigenvalue weighted by molar-refractivity contribution is 6.34. The van der Waals surface area contributed by atoms with E-state index in [-0.39, 0.29) is 5.82 Å². The van der Waals surface area contributed by atoms with Crippen LogP contribution in [0, 0.1) is 17.7 Å². The molecule has 0 saturated carbocycles. The third-order valence-electron chi connectivity index (χ3n) is 4.40. The van der Waals surface area contributed by atoms with Crippen molar-refractivity contribution in [3.8, 4) is 0 Å². The molecular formula is C20H30FN3O2. The number of carbonyl (C=O) groups excluding carboxylic acids is 2. The van der Waals surface area contributed by atoms with E-state index in [1.807, 2.05) is 32.6 Å². The van der Waals surface area contributed by atoms with Gasteiger partial charge in [-0.1, -0.05) is 39.8 Å². The number of amides is 2. The maximum absolute atomic E-state index is 13.9. The lowest BCUT2D eigenvalue weighted by Gasteiger charge is -2.37. The molecule has 1 aromatic carbocycles. The van der Waals surface area contributed by atoms with E-state index < -0.39 is 11.8 Å². The third kappa shape index (κ3) is 5.19. The van der Waals surface area contributed by atoms with Crippen molar-refractivity contribution in [1.82, 2.24) is 9.80 Å². The van der Waals surface area contributed by atoms with Crippen molar-refractivity contribution in [2.75, 3.05) is 44.2 Å². The molecule has 5 nitrogen and oxygen atoms in total. The Morgan fingerprint density at radius 1 is 1.00 bits per heavy atom. The number of para-hydroxylation sites is 1. The molecule has 26 heavy (non-hydrogen) atoms. The number of halogens is 1. The molecule has 1 saturated heterocycles. The van der Waals surface area contributed by atoms with Crippen LogP contribution < -0.4 is 4.90 Å². The van der Waals surface area contributed by atoms with Crippen molar-refractivity contribution in [2.45, 2.75) is 27.7 Å². The number of anilines is 1. The van der Waals surface area contributed by atoms with Crippen molar-refractivity contribution >= 4 is 17.5 Å². The summed E-state index contributed by atoms with van der Waals surface area (Å²) in [4.78, 5) is 30.5. The maximum atomic E-state index is 13.9. The Morgan fingerprint density at radius 2 is 1.54 bits per heavy atom. The molecule has 144 valence electrons. The number of rotatable bonds is 5. The average Bonchev–Trinajstić information content (AvgIpc) is 2.60. The average molecular weight is 363 g/mol. The first-order valence-corrected chi connectivity index (χ1v) is 9.37. The lowest BCUT2D eigenvalue weighted by molar-refractivity contribution is -0.152. The smallest absolute Gasteiger partial charge is 0.312 e. The second-order valence-corrected chi connectivity index (χ2v) is 7.73.